The van der Waals surface area contributed by atoms with Gasteiger partial charge in [0.25, 0.3) is 0 Å². The van der Waals surface area contributed by atoms with Gasteiger partial charge in [0.1, 0.15) is 7.05 Å². The second-order valence-corrected chi connectivity index (χ2v) is 6.03. The first kappa shape index (κ1) is 13.5. The highest BCUT2D eigenvalue weighted by atomic mass is 16.7. The highest BCUT2D eigenvalue weighted by Crippen LogP contribution is 2.37. The molecular formula is C19H16NO4+. The molecule has 3 aromatic rings. The van der Waals surface area contributed by atoms with E-state index in [1.54, 1.807) is 0 Å². The maximum atomic E-state index is 5.54. The van der Waals surface area contributed by atoms with Crippen LogP contribution in [0.2, 0.25) is 0 Å². The lowest BCUT2D eigenvalue weighted by molar-refractivity contribution is -0.677. The summed E-state index contributed by atoms with van der Waals surface area (Å²) in [6, 6.07) is 12.3. The van der Waals surface area contributed by atoms with E-state index in [0.29, 0.717) is 6.79 Å². The first-order chi connectivity index (χ1) is 11.8. The third-order valence-corrected chi connectivity index (χ3v) is 4.57. The van der Waals surface area contributed by atoms with Gasteiger partial charge in [0.05, 0.1) is 11.8 Å². The van der Waals surface area contributed by atoms with Crippen molar-refractivity contribution < 1.29 is 23.5 Å². The summed E-state index contributed by atoms with van der Waals surface area (Å²) >= 11 is 0. The molecule has 5 heteroatoms. The molecule has 0 radical (unpaired) electrons. The summed E-state index contributed by atoms with van der Waals surface area (Å²) in [7, 11) is 2.06. The average molecular weight is 322 g/mol. The minimum absolute atomic E-state index is 0.287. The minimum atomic E-state index is 0.287. The Bertz CT molecular complexity index is 967. The van der Waals surface area contributed by atoms with Crippen molar-refractivity contribution in [3.63, 3.8) is 0 Å². The number of rotatable bonds is 2. The van der Waals surface area contributed by atoms with Crippen LogP contribution >= 0.6 is 0 Å². The molecule has 2 aliphatic heterocycles. The molecular weight excluding hydrogens is 306 g/mol. The number of hydrogen-bond acceptors (Lipinski definition) is 4. The Balaban J connectivity index is 1.62. The van der Waals surface area contributed by atoms with Crippen LogP contribution in [0.1, 0.15) is 11.3 Å². The van der Waals surface area contributed by atoms with Gasteiger partial charge in [-0.1, -0.05) is 6.07 Å². The van der Waals surface area contributed by atoms with Gasteiger partial charge in [0.15, 0.2) is 34.9 Å². The molecule has 0 saturated heterocycles. The van der Waals surface area contributed by atoms with E-state index in [1.165, 1.54) is 16.6 Å². The van der Waals surface area contributed by atoms with Gasteiger partial charge in [-0.15, -0.1) is 0 Å². The summed E-state index contributed by atoms with van der Waals surface area (Å²) in [5, 5.41) is 2.31. The maximum Gasteiger partial charge on any atom is 0.231 e. The Morgan fingerprint density at radius 2 is 1.54 bits per heavy atom. The van der Waals surface area contributed by atoms with E-state index in [-0.39, 0.29) is 6.79 Å². The Labute approximate surface area is 139 Å². The summed E-state index contributed by atoms with van der Waals surface area (Å²) < 4.78 is 24.1. The molecule has 2 aromatic carbocycles. The zero-order chi connectivity index (χ0) is 16.1. The van der Waals surface area contributed by atoms with Gasteiger partial charge in [0.2, 0.25) is 13.6 Å². The monoisotopic (exact) mass is 322 g/mol. The predicted molar refractivity (Wildman–Crippen MR) is 86.6 cm³/mol. The molecule has 0 N–H and O–H groups in total. The van der Waals surface area contributed by atoms with Crippen molar-refractivity contribution in [3.8, 4) is 23.0 Å². The number of pyridine rings is 1. The van der Waals surface area contributed by atoms with E-state index in [1.807, 2.05) is 18.2 Å². The third-order valence-electron chi connectivity index (χ3n) is 4.57. The van der Waals surface area contributed by atoms with Gasteiger partial charge in [-0.3, -0.25) is 0 Å². The number of hydrogen-bond donors (Lipinski definition) is 0. The number of aromatic nitrogens is 1. The van der Waals surface area contributed by atoms with E-state index in [4.69, 9.17) is 18.9 Å². The van der Waals surface area contributed by atoms with Crippen LogP contribution < -0.4 is 23.5 Å². The minimum Gasteiger partial charge on any atom is -0.454 e. The van der Waals surface area contributed by atoms with Crippen molar-refractivity contribution in [2.45, 2.75) is 6.42 Å². The molecule has 0 saturated carbocycles. The molecule has 0 atom stereocenters. The molecule has 0 unspecified atom stereocenters. The fourth-order valence-electron chi connectivity index (χ4n) is 3.28. The molecule has 2 aliphatic rings. The zero-order valence-electron chi connectivity index (χ0n) is 13.2. The molecule has 3 heterocycles. The van der Waals surface area contributed by atoms with Gasteiger partial charge in [-0.2, -0.15) is 0 Å². The topological polar surface area (TPSA) is 40.8 Å². The summed E-state index contributed by atoms with van der Waals surface area (Å²) in [5.41, 5.74) is 2.39. The van der Waals surface area contributed by atoms with E-state index in [2.05, 4.69) is 36.0 Å². The van der Waals surface area contributed by atoms with Crippen LogP contribution in [0.25, 0.3) is 10.8 Å². The lowest BCUT2D eigenvalue weighted by Crippen LogP contribution is -2.33. The van der Waals surface area contributed by atoms with Gasteiger partial charge >= 0.3 is 0 Å². The van der Waals surface area contributed by atoms with Crippen molar-refractivity contribution >= 4 is 10.8 Å². The van der Waals surface area contributed by atoms with E-state index < -0.39 is 0 Å². The SMILES string of the molecule is C[n+]1ccc2cc3c(cc2c1Cc1ccc2c(c1)OCO2)OCO3. The van der Waals surface area contributed by atoms with Crippen LogP contribution in [0.15, 0.2) is 42.6 Å². The van der Waals surface area contributed by atoms with Crippen LogP contribution in [0.3, 0.4) is 0 Å². The third kappa shape index (κ3) is 2.05. The van der Waals surface area contributed by atoms with Crippen molar-refractivity contribution in [1.29, 1.82) is 0 Å². The van der Waals surface area contributed by atoms with E-state index in [9.17, 15) is 0 Å². The van der Waals surface area contributed by atoms with E-state index in [0.717, 1.165) is 34.8 Å². The lowest BCUT2D eigenvalue weighted by atomic mass is 10.0. The van der Waals surface area contributed by atoms with Crippen LogP contribution in [-0.4, -0.2) is 13.6 Å². The van der Waals surface area contributed by atoms with Crippen molar-refractivity contribution in [1.82, 2.24) is 0 Å². The summed E-state index contributed by atoms with van der Waals surface area (Å²) in [5.74, 6) is 3.24. The molecule has 24 heavy (non-hydrogen) atoms. The quantitative estimate of drug-likeness (QED) is 0.680. The second-order valence-electron chi connectivity index (χ2n) is 6.03. The Kier molecular flexibility index (Phi) is 2.82. The number of ether oxygens (including phenoxy) is 4. The fourth-order valence-corrected chi connectivity index (χ4v) is 3.28. The molecule has 0 amide bonds. The van der Waals surface area contributed by atoms with Crippen molar-refractivity contribution in [2.24, 2.45) is 7.05 Å². The van der Waals surface area contributed by atoms with Gasteiger partial charge in [0, 0.05) is 6.07 Å². The Morgan fingerprint density at radius 3 is 2.38 bits per heavy atom. The molecule has 0 bridgehead atoms. The molecule has 0 fully saturated rings. The van der Waals surface area contributed by atoms with Crippen LogP contribution in [0, 0.1) is 0 Å². The fraction of sp³-hybridized carbons (Fsp3) is 0.211. The first-order valence-corrected chi connectivity index (χ1v) is 7.87. The maximum absolute atomic E-state index is 5.54. The van der Waals surface area contributed by atoms with Crippen LogP contribution in [0.5, 0.6) is 23.0 Å². The summed E-state index contributed by atoms with van der Waals surface area (Å²) in [4.78, 5) is 0. The van der Waals surface area contributed by atoms with Crippen LogP contribution in [-0.2, 0) is 13.5 Å². The summed E-state index contributed by atoms with van der Waals surface area (Å²) in [6.45, 7) is 0.583. The molecule has 5 nitrogen and oxygen atoms in total. The number of nitrogens with zero attached hydrogens (tertiary/aromatic N) is 1. The number of benzene rings is 2. The Hall–Kier alpha value is -2.95. The molecule has 0 spiro atoms. The van der Waals surface area contributed by atoms with E-state index >= 15 is 0 Å². The molecule has 120 valence electrons. The standard InChI is InChI=1S/C19H16NO4/c1-20-5-4-13-8-18-19(24-11-23-18)9-14(13)15(20)6-12-2-3-16-17(7-12)22-10-21-16/h2-5,7-9H,6,10-11H2,1H3/q+1. The molecule has 1 aromatic heterocycles. The largest absolute Gasteiger partial charge is 0.454 e. The van der Waals surface area contributed by atoms with Crippen molar-refractivity contribution in [2.75, 3.05) is 13.6 Å². The molecule has 0 aliphatic carbocycles. The first-order valence-electron chi connectivity index (χ1n) is 7.87. The smallest absolute Gasteiger partial charge is 0.231 e. The lowest BCUT2D eigenvalue weighted by Gasteiger charge is -2.07. The Morgan fingerprint density at radius 1 is 0.833 bits per heavy atom. The highest BCUT2D eigenvalue weighted by molar-refractivity contribution is 5.87. The molecule has 5 rings (SSSR count). The number of fused-ring (bicyclic) bond motifs is 3. The normalized spacial score (nSPS) is 14.4. The van der Waals surface area contributed by atoms with Crippen molar-refractivity contribution in [3.05, 3.63) is 53.9 Å². The van der Waals surface area contributed by atoms with Gasteiger partial charge < -0.3 is 18.9 Å². The average Bonchev–Trinajstić information content (AvgIpc) is 3.23. The second kappa shape index (κ2) is 5.03. The number of aryl methyl sites for hydroxylation is 1. The summed E-state index contributed by atoms with van der Waals surface area (Å²) in [6.07, 6.45) is 2.87. The predicted octanol–water partition coefficient (Wildman–Crippen LogP) is 2.71. The highest BCUT2D eigenvalue weighted by Gasteiger charge is 2.21. The zero-order valence-corrected chi connectivity index (χ0v) is 13.2. The van der Waals surface area contributed by atoms with Crippen LogP contribution in [0.4, 0.5) is 0 Å². The van der Waals surface area contributed by atoms with Gasteiger partial charge in [-0.05, 0) is 35.2 Å². The van der Waals surface area contributed by atoms with Gasteiger partial charge in [-0.25, -0.2) is 4.57 Å².